The van der Waals surface area contributed by atoms with Crippen molar-refractivity contribution in [1.82, 2.24) is 4.90 Å². The van der Waals surface area contributed by atoms with E-state index in [-0.39, 0.29) is 11.6 Å². The van der Waals surface area contributed by atoms with E-state index in [1.54, 1.807) is 12.0 Å². The summed E-state index contributed by atoms with van der Waals surface area (Å²) < 4.78 is 5.63. The van der Waals surface area contributed by atoms with Crippen molar-refractivity contribution in [2.45, 2.75) is 6.42 Å². The maximum atomic E-state index is 12.5. The van der Waals surface area contributed by atoms with Gasteiger partial charge in [0.2, 0.25) is 0 Å². The van der Waals surface area contributed by atoms with Crippen LogP contribution in [0, 0.1) is 10.1 Å². The van der Waals surface area contributed by atoms with Crippen LogP contribution in [-0.2, 0) is 4.74 Å². The highest BCUT2D eigenvalue weighted by atomic mass is 79.9. The van der Waals surface area contributed by atoms with E-state index in [2.05, 4.69) is 15.9 Å². The highest BCUT2D eigenvalue weighted by Crippen LogP contribution is 2.25. The number of non-ortho nitro benzene ring substituents is 1. The van der Waals surface area contributed by atoms with Crippen LogP contribution in [0.15, 0.2) is 34.3 Å². The van der Waals surface area contributed by atoms with E-state index in [9.17, 15) is 14.9 Å². The minimum atomic E-state index is -0.504. The maximum Gasteiger partial charge on any atom is 0.270 e. The van der Waals surface area contributed by atoms with Crippen LogP contribution in [0.2, 0.25) is 0 Å². The molecular formula is C14H15BrN2O4. The molecule has 0 radical (unpaired) electrons. The van der Waals surface area contributed by atoms with Crippen molar-refractivity contribution in [2.24, 2.45) is 0 Å². The quantitative estimate of drug-likeness (QED) is 0.473. The molecule has 1 aromatic carbocycles. The lowest BCUT2D eigenvalue weighted by molar-refractivity contribution is -0.384. The predicted molar refractivity (Wildman–Crippen MR) is 81.3 cm³/mol. The Morgan fingerprint density at radius 2 is 2.29 bits per heavy atom. The van der Waals surface area contributed by atoms with Gasteiger partial charge in [0.25, 0.3) is 11.6 Å². The molecule has 0 unspecified atom stereocenters. The fraction of sp³-hybridized carbons (Fsp3) is 0.357. The number of nitrogens with zero attached hydrogens (tertiary/aromatic N) is 2. The summed E-state index contributed by atoms with van der Waals surface area (Å²) in [7, 11) is 1.64. The molecule has 0 N–H and O–H groups in total. The summed E-state index contributed by atoms with van der Waals surface area (Å²) in [5, 5.41) is 10.8. The Hall–Kier alpha value is -1.73. The van der Waals surface area contributed by atoms with E-state index >= 15 is 0 Å². The highest BCUT2D eigenvalue weighted by molar-refractivity contribution is 9.10. The first-order chi connectivity index (χ1) is 10.0. The molecule has 0 atom stereocenters. The second-order valence-electron chi connectivity index (χ2n) is 4.72. The minimum absolute atomic E-state index is 0.0887. The van der Waals surface area contributed by atoms with Crippen molar-refractivity contribution in [2.75, 3.05) is 26.8 Å². The number of halogens is 1. The lowest BCUT2D eigenvalue weighted by atomic mass is 10.1. The molecule has 0 saturated heterocycles. The zero-order valence-corrected chi connectivity index (χ0v) is 13.1. The van der Waals surface area contributed by atoms with Crippen molar-refractivity contribution in [3.8, 4) is 0 Å². The van der Waals surface area contributed by atoms with Gasteiger partial charge < -0.3 is 9.64 Å². The van der Waals surface area contributed by atoms with Crippen molar-refractivity contribution in [3.05, 3.63) is 50.0 Å². The van der Waals surface area contributed by atoms with Gasteiger partial charge in [-0.15, -0.1) is 0 Å². The van der Waals surface area contributed by atoms with Gasteiger partial charge in [0.1, 0.15) is 0 Å². The van der Waals surface area contributed by atoms with E-state index in [0.29, 0.717) is 29.7 Å². The summed E-state index contributed by atoms with van der Waals surface area (Å²) >= 11 is 3.28. The lowest BCUT2D eigenvalue weighted by Crippen LogP contribution is -2.35. The smallest absolute Gasteiger partial charge is 0.270 e. The monoisotopic (exact) mass is 354 g/mol. The first-order valence-electron chi connectivity index (χ1n) is 6.43. The summed E-state index contributed by atoms with van der Waals surface area (Å²) in [5.41, 5.74) is 1.39. The molecule has 2 rings (SSSR count). The van der Waals surface area contributed by atoms with E-state index < -0.39 is 4.92 Å². The number of hydrogen-bond donors (Lipinski definition) is 0. The fourth-order valence-electron chi connectivity index (χ4n) is 2.17. The first kappa shape index (κ1) is 15.7. The first-order valence-corrected chi connectivity index (χ1v) is 7.22. The van der Waals surface area contributed by atoms with Gasteiger partial charge >= 0.3 is 0 Å². The Morgan fingerprint density at radius 1 is 1.52 bits per heavy atom. The number of carbonyl (C=O) groups is 1. The van der Waals surface area contributed by atoms with E-state index in [0.717, 1.165) is 6.42 Å². The van der Waals surface area contributed by atoms with Gasteiger partial charge in [-0.3, -0.25) is 14.9 Å². The Balaban J connectivity index is 2.18. The maximum absolute atomic E-state index is 12.5. The SMILES string of the molecule is COCC1=CCN(C(=O)c2cc([N+](=O)[O-])ccc2Br)CC1. The minimum Gasteiger partial charge on any atom is -0.380 e. The average molecular weight is 355 g/mol. The Labute approximate surface area is 130 Å². The highest BCUT2D eigenvalue weighted by Gasteiger charge is 2.22. The van der Waals surface area contributed by atoms with Crippen LogP contribution in [0.25, 0.3) is 0 Å². The molecule has 0 fully saturated rings. The zero-order valence-electron chi connectivity index (χ0n) is 11.5. The number of benzene rings is 1. The third-order valence-corrected chi connectivity index (χ3v) is 4.00. The number of nitro groups is 1. The van der Waals surface area contributed by atoms with Gasteiger partial charge in [0.15, 0.2) is 0 Å². The molecule has 0 spiro atoms. The van der Waals surface area contributed by atoms with Crippen LogP contribution in [-0.4, -0.2) is 42.5 Å². The topological polar surface area (TPSA) is 72.7 Å². The summed E-state index contributed by atoms with van der Waals surface area (Å²) in [4.78, 5) is 24.5. The van der Waals surface area contributed by atoms with Crippen LogP contribution in [0.4, 0.5) is 5.69 Å². The molecule has 1 aromatic rings. The molecule has 6 nitrogen and oxygen atoms in total. The van der Waals surface area contributed by atoms with Crippen LogP contribution in [0.3, 0.4) is 0 Å². The molecular weight excluding hydrogens is 340 g/mol. The van der Waals surface area contributed by atoms with Gasteiger partial charge in [-0.1, -0.05) is 6.08 Å². The Kier molecular flexibility index (Phi) is 5.08. The van der Waals surface area contributed by atoms with E-state index in [1.165, 1.54) is 23.8 Å². The zero-order chi connectivity index (χ0) is 15.4. The van der Waals surface area contributed by atoms with Gasteiger partial charge in [0, 0.05) is 36.8 Å². The lowest BCUT2D eigenvalue weighted by Gasteiger charge is -2.26. The predicted octanol–water partition coefficient (Wildman–Crippen LogP) is 2.78. The summed E-state index contributed by atoms with van der Waals surface area (Å²) in [5.74, 6) is -0.210. The van der Waals surface area contributed by atoms with Gasteiger partial charge in [-0.25, -0.2) is 0 Å². The molecule has 0 aliphatic carbocycles. The third kappa shape index (κ3) is 3.68. The summed E-state index contributed by atoms with van der Waals surface area (Å²) in [6.45, 7) is 1.65. The van der Waals surface area contributed by atoms with Gasteiger partial charge in [-0.05, 0) is 34.0 Å². The third-order valence-electron chi connectivity index (χ3n) is 3.31. The number of methoxy groups -OCH3 is 1. The molecule has 0 aromatic heterocycles. The number of nitro benzene ring substituents is 1. The normalized spacial score (nSPS) is 14.8. The van der Waals surface area contributed by atoms with Crippen LogP contribution < -0.4 is 0 Å². The largest absolute Gasteiger partial charge is 0.380 e. The van der Waals surface area contributed by atoms with Crippen molar-refractivity contribution in [1.29, 1.82) is 0 Å². The number of rotatable bonds is 4. The second-order valence-corrected chi connectivity index (χ2v) is 5.57. The summed E-state index contributed by atoms with van der Waals surface area (Å²) in [6, 6.07) is 4.20. The van der Waals surface area contributed by atoms with E-state index in [4.69, 9.17) is 4.74 Å². The van der Waals surface area contributed by atoms with Crippen LogP contribution >= 0.6 is 15.9 Å². The van der Waals surface area contributed by atoms with Gasteiger partial charge in [-0.2, -0.15) is 0 Å². The van der Waals surface area contributed by atoms with E-state index in [1.807, 2.05) is 6.08 Å². The Morgan fingerprint density at radius 3 is 2.86 bits per heavy atom. The van der Waals surface area contributed by atoms with Crippen molar-refractivity contribution < 1.29 is 14.5 Å². The fourth-order valence-corrected chi connectivity index (χ4v) is 2.59. The van der Waals surface area contributed by atoms with Crippen molar-refractivity contribution in [3.63, 3.8) is 0 Å². The van der Waals surface area contributed by atoms with Crippen LogP contribution in [0.1, 0.15) is 16.8 Å². The molecule has 1 aliphatic heterocycles. The average Bonchev–Trinajstić information content (AvgIpc) is 2.48. The molecule has 0 bridgehead atoms. The number of ether oxygens (including phenoxy) is 1. The molecule has 7 heteroatoms. The Bertz CT molecular complexity index is 601. The van der Waals surface area contributed by atoms with Crippen molar-refractivity contribution >= 4 is 27.5 Å². The summed E-state index contributed by atoms with van der Waals surface area (Å²) in [6.07, 6.45) is 2.72. The second kappa shape index (κ2) is 6.82. The molecule has 112 valence electrons. The number of amides is 1. The molecule has 1 amide bonds. The molecule has 0 saturated carbocycles. The molecule has 1 heterocycles. The number of carbonyl (C=O) groups excluding carboxylic acids is 1. The van der Waals surface area contributed by atoms with Gasteiger partial charge in [0.05, 0.1) is 17.1 Å². The van der Waals surface area contributed by atoms with Crippen LogP contribution in [0.5, 0.6) is 0 Å². The molecule has 1 aliphatic rings. The molecule has 21 heavy (non-hydrogen) atoms. The number of hydrogen-bond acceptors (Lipinski definition) is 4. The standard InChI is InChI=1S/C14H15BrN2O4/c1-21-9-10-4-6-16(7-5-10)14(18)12-8-11(17(19)20)2-3-13(12)15/h2-4,8H,5-7,9H2,1H3.